The Bertz CT molecular complexity index is 944. The Kier molecular flexibility index (Phi) is 13.8. The zero-order valence-corrected chi connectivity index (χ0v) is 21.3. The Morgan fingerprint density at radius 3 is 1.65 bits per heavy atom. The number of ether oxygens (including phenoxy) is 1. The van der Waals surface area contributed by atoms with Gasteiger partial charge in [-0.15, -0.1) is 0 Å². The van der Waals surface area contributed by atoms with Crippen molar-refractivity contribution in [3.05, 3.63) is 108 Å². The summed E-state index contributed by atoms with van der Waals surface area (Å²) < 4.78 is 5.37. The van der Waals surface area contributed by atoms with E-state index < -0.39 is 5.97 Å². The predicted octanol–water partition coefficient (Wildman–Crippen LogP) is 8.83. The zero-order chi connectivity index (χ0) is 25.3. The lowest BCUT2D eigenvalue weighted by Gasteiger charge is -2.09. The highest BCUT2D eigenvalue weighted by Gasteiger charge is 2.05. The summed E-state index contributed by atoms with van der Waals surface area (Å²) >= 11 is 0. The summed E-state index contributed by atoms with van der Waals surface area (Å²) in [5.41, 5.74) is 4.12. The van der Waals surface area contributed by atoms with Crippen LogP contribution in [0, 0.1) is 0 Å². The van der Waals surface area contributed by atoms with Crippen molar-refractivity contribution in [2.75, 3.05) is 6.61 Å². The lowest BCUT2D eigenvalue weighted by molar-refractivity contribution is 0.0697. The molecule has 3 aromatic rings. The number of hydrogen-bond donors (Lipinski definition) is 1. The highest BCUT2D eigenvalue weighted by Crippen LogP contribution is 2.21. The molecular formula is C31H40O3. The van der Waals surface area contributed by atoms with E-state index in [1.807, 2.05) is 67.6 Å². The van der Waals surface area contributed by atoms with Crippen LogP contribution in [-0.2, 0) is 0 Å². The fourth-order valence-corrected chi connectivity index (χ4v) is 3.07. The Hall–Kier alpha value is -3.33. The van der Waals surface area contributed by atoms with Gasteiger partial charge in [0.15, 0.2) is 0 Å². The van der Waals surface area contributed by atoms with Crippen molar-refractivity contribution in [1.82, 2.24) is 0 Å². The first kappa shape index (κ1) is 28.7. The molecule has 0 saturated heterocycles. The molecule has 2 atom stereocenters. The Balaban J connectivity index is 0.000000263. The molecule has 3 rings (SSSR count). The first-order valence-corrected chi connectivity index (χ1v) is 12.1. The van der Waals surface area contributed by atoms with E-state index in [9.17, 15) is 4.79 Å². The second-order valence-corrected chi connectivity index (χ2v) is 8.16. The van der Waals surface area contributed by atoms with Crippen LogP contribution in [0.4, 0.5) is 0 Å². The average Bonchev–Trinajstić information content (AvgIpc) is 2.89. The maximum atomic E-state index is 10.6. The van der Waals surface area contributed by atoms with Crippen LogP contribution in [0.1, 0.15) is 86.3 Å². The fourth-order valence-electron chi connectivity index (χ4n) is 3.07. The summed E-state index contributed by atoms with van der Waals surface area (Å²) in [6.45, 7) is 15.1. The fraction of sp³-hybridized carbons (Fsp3) is 0.323. The second-order valence-electron chi connectivity index (χ2n) is 8.16. The third-order valence-corrected chi connectivity index (χ3v) is 5.75. The number of carboxylic acids is 1. The molecule has 0 saturated carbocycles. The number of hydrogen-bond acceptors (Lipinski definition) is 2. The van der Waals surface area contributed by atoms with Crippen LogP contribution in [0.2, 0.25) is 0 Å². The molecule has 0 aromatic heterocycles. The third kappa shape index (κ3) is 10.5. The third-order valence-electron chi connectivity index (χ3n) is 5.75. The predicted molar refractivity (Wildman–Crippen MR) is 145 cm³/mol. The summed E-state index contributed by atoms with van der Waals surface area (Å²) in [6, 6.07) is 25.5. The van der Waals surface area contributed by atoms with Gasteiger partial charge in [-0.25, -0.2) is 4.79 Å². The van der Waals surface area contributed by atoms with Crippen LogP contribution in [0.5, 0.6) is 5.75 Å². The van der Waals surface area contributed by atoms with Crippen LogP contribution in [0.3, 0.4) is 0 Å². The summed E-state index contributed by atoms with van der Waals surface area (Å²) in [4.78, 5) is 10.6. The SMILES string of the molecule is C=Cc1ccccc1.CCC(C)c1ccc(C(=O)O)cc1.CCOc1ccc(C(C)CC)cc1. The number of rotatable bonds is 8. The van der Waals surface area contributed by atoms with E-state index in [0.29, 0.717) is 17.4 Å². The van der Waals surface area contributed by atoms with Gasteiger partial charge >= 0.3 is 5.97 Å². The van der Waals surface area contributed by atoms with Gasteiger partial charge in [0.05, 0.1) is 12.2 Å². The summed E-state index contributed by atoms with van der Waals surface area (Å²) in [5, 5.41) is 8.67. The van der Waals surface area contributed by atoms with Gasteiger partial charge in [0.25, 0.3) is 0 Å². The van der Waals surface area contributed by atoms with Crippen LogP contribution in [0.25, 0.3) is 6.08 Å². The van der Waals surface area contributed by atoms with Gasteiger partial charge in [-0.2, -0.15) is 0 Å². The molecule has 0 heterocycles. The van der Waals surface area contributed by atoms with Crippen molar-refractivity contribution in [1.29, 1.82) is 0 Å². The average molecular weight is 461 g/mol. The number of aromatic carboxylic acids is 1. The largest absolute Gasteiger partial charge is 0.494 e. The summed E-state index contributed by atoms with van der Waals surface area (Å²) in [7, 11) is 0. The van der Waals surface area contributed by atoms with Crippen molar-refractivity contribution in [2.45, 2.75) is 59.3 Å². The zero-order valence-electron chi connectivity index (χ0n) is 21.3. The molecule has 0 spiro atoms. The van der Waals surface area contributed by atoms with E-state index in [-0.39, 0.29) is 0 Å². The van der Waals surface area contributed by atoms with Crippen LogP contribution < -0.4 is 4.74 Å². The molecule has 0 aliphatic carbocycles. The Labute approximate surface area is 206 Å². The molecule has 0 radical (unpaired) electrons. The molecule has 34 heavy (non-hydrogen) atoms. The van der Waals surface area contributed by atoms with E-state index in [2.05, 4.69) is 46.4 Å². The minimum atomic E-state index is -0.865. The van der Waals surface area contributed by atoms with Crippen molar-refractivity contribution >= 4 is 12.0 Å². The standard InChI is InChI=1S/C12H18O.C11H14O2.C8H8/c1-4-10(3)11-6-8-12(9-7-11)13-5-2;1-3-8(2)9-4-6-10(7-5-9)11(12)13;1-2-8-6-4-3-5-7-8/h6-10H,4-5H2,1-3H3;4-8H,3H2,1-2H3,(H,12,13);2-7H,1H2. The van der Waals surface area contributed by atoms with E-state index in [4.69, 9.17) is 9.84 Å². The van der Waals surface area contributed by atoms with Gasteiger partial charge < -0.3 is 9.84 Å². The molecule has 2 unspecified atom stereocenters. The monoisotopic (exact) mass is 460 g/mol. The number of carbonyl (C=O) groups is 1. The molecule has 3 aromatic carbocycles. The van der Waals surface area contributed by atoms with Gasteiger partial charge in [0, 0.05) is 0 Å². The van der Waals surface area contributed by atoms with E-state index in [1.165, 1.54) is 23.1 Å². The summed E-state index contributed by atoms with van der Waals surface area (Å²) in [6.07, 6.45) is 4.10. The molecular weight excluding hydrogens is 420 g/mol. The highest BCUT2D eigenvalue weighted by molar-refractivity contribution is 5.87. The lowest BCUT2D eigenvalue weighted by Crippen LogP contribution is -1.97. The van der Waals surface area contributed by atoms with E-state index in [0.717, 1.165) is 18.8 Å². The topological polar surface area (TPSA) is 46.5 Å². The smallest absolute Gasteiger partial charge is 0.335 e. The molecule has 0 bridgehead atoms. The van der Waals surface area contributed by atoms with Gasteiger partial charge in [-0.1, -0.05) is 94.9 Å². The van der Waals surface area contributed by atoms with E-state index >= 15 is 0 Å². The van der Waals surface area contributed by atoms with E-state index in [1.54, 1.807) is 12.1 Å². The first-order chi connectivity index (χ1) is 16.4. The molecule has 0 amide bonds. The highest BCUT2D eigenvalue weighted by atomic mass is 16.5. The molecule has 0 aliphatic heterocycles. The van der Waals surface area contributed by atoms with Gasteiger partial charge in [0.1, 0.15) is 5.75 Å². The van der Waals surface area contributed by atoms with Crippen LogP contribution in [0.15, 0.2) is 85.4 Å². The van der Waals surface area contributed by atoms with Crippen molar-refractivity contribution in [3.63, 3.8) is 0 Å². The van der Waals surface area contributed by atoms with Crippen molar-refractivity contribution in [3.8, 4) is 5.75 Å². The Morgan fingerprint density at radius 1 is 0.824 bits per heavy atom. The molecule has 0 fully saturated rings. The molecule has 0 aliphatic rings. The number of carboxylic acid groups (broad SMARTS) is 1. The summed E-state index contributed by atoms with van der Waals surface area (Å²) in [5.74, 6) is 1.25. The molecule has 3 nitrogen and oxygen atoms in total. The van der Waals surface area contributed by atoms with Crippen molar-refractivity contribution < 1.29 is 14.6 Å². The maximum Gasteiger partial charge on any atom is 0.335 e. The second kappa shape index (κ2) is 16.3. The van der Waals surface area contributed by atoms with Gasteiger partial charge in [-0.05, 0) is 72.6 Å². The quantitative estimate of drug-likeness (QED) is 0.365. The lowest BCUT2D eigenvalue weighted by atomic mass is 9.98. The van der Waals surface area contributed by atoms with Gasteiger partial charge in [-0.3, -0.25) is 0 Å². The number of benzene rings is 3. The minimum Gasteiger partial charge on any atom is -0.494 e. The maximum absolute atomic E-state index is 10.6. The minimum absolute atomic E-state index is 0.354. The van der Waals surface area contributed by atoms with Crippen molar-refractivity contribution in [2.24, 2.45) is 0 Å². The van der Waals surface area contributed by atoms with Crippen LogP contribution in [-0.4, -0.2) is 17.7 Å². The normalized spacial score (nSPS) is 11.6. The van der Waals surface area contributed by atoms with Gasteiger partial charge in [0.2, 0.25) is 0 Å². The Morgan fingerprint density at radius 2 is 1.29 bits per heavy atom. The molecule has 1 N–H and O–H groups in total. The first-order valence-electron chi connectivity index (χ1n) is 12.1. The van der Waals surface area contributed by atoms with Crippen LogP contribution >= 0.6 is 0 Å². The molecule has 182 valence electrons. The molecule has 3 heteroatoms.